The number of carbonyl (C=O) groups is 1. The van der Waals surface area contributed by atoms with Crippen LogP contribution in [0, 0.1) is 0 Å². The first kappa shape index (κ1) is 13.2. The number of piperidine rings is 1. The van der Waals surface area contributed by atoms with Gasteiger partial charge in [-0.1, -0.05) is 35.9 Å². The summed E-state index contributed by atoms with van der Waals surface area (Å²) in [7, 11) is 0. The van der Waals surface area contributed by atoms with E-state index in [0.717, 1.165) is 23.6 Å². The first-order valence-corrected chi connectivity index (χ1v) is 7.13. The minimum absolute atomic E-state index is 0.0228. The van der Waals surface area contributed by atoms with Crippen molar-refractivity contribution in [2.75, 3.05) is 5.32 Å². The maximum absolute atomic E-state index is 12.0. The third-order valence-electron chi connectivity index (χ3n) is 3.61. The summed E-state index contributed by atoms with van der Waals surface area (Å²) >= 11 is 6.05. The maximum Gasteiger partial charge on any atom is 0.242 e. The Labute approximate surface area is 122 Å². The number of nitrogens with zero attached hydrogens (tertiary/aromatic N) is 1. The highest BCUT2D eigenvalue weighted by Gasteiger charge is 2.26. The van der Waals surface area contributed by atoms with Crippen LogP contribution < -0.4 is 10.6 Å². The molecule has 0 spiro atoms. The molecular weight excluding hydrogens is 274 g/mol. The number of benzene rings is 1. The van der Waals surface area contributed by atoms with E-state index in [1.54, 1.807) is 0 Å². The highest BCUT2D eigenvalue weighted by molar-refractivity contribution is 6.30. The van der Waals surface area contributed by atoms with E-state index in [1.165, 1.54) is 0 Å². The Bertz CT molecular complexity index is 659. The predicted octanol–water partition coefficient (Wildman–Crippen LogP) is 2.97. The van der Waals surface area contributed by atoms with Crippen molar-refractivity contribution in [3.05, 3.63) is 35.5 Å². The molecular formula is C15H16ClN3O. The average Bonchev–Trinajstić information content (AvgIpc) is 2.41. The van der Waals surface area contributed by atoms with E-state index in [9.17, 15) is 4.79 Å². The van der Waals surface area contributed by atoms with Gasteiger partial charge in [-0.15, -0.1) is 0 Å². The highest BCUT2D eigenvalue weighted by Crippen LogP contribution is 2.26. The van der Waals surface area contributed by atoms with Gasteiger partial charge in [0, 0.05) is 11.4 Å². The molecule has 1 amide bonds. The minimum Gasteiger partial charge on any atom is -0.358 e. The third kappa shape index (κ3) is 2.56. The number of anilines is 1. The Morgan fingerprint density at radius 3 is 2.95 bits per heavy atom. The SMILES string of the molecule is CC1CCC(Nc2nc(Cl)cc3ccccc23)C(=O)N1. The number of hydrogen-bond donors (Lipinski definition) is 2. The van der Waals surface area contributed by atoms with E-state index >= 15 is 0 Å². The van der Waals surface area contributed by atoms with Gasteiger partial charge in [-0.2, -0.15) is 0 Å². The second kappa shape index (κ2) is 5.29. The van der Waals surface area contributed by atoms with Crippen molar-refractivity contribution in [2.24, 2.45) is 0 Å². The number of nitrogens with one attached hydrogen (secondary N) is 2. The van der Waals surface area contributed by atoms with Crippen LogP contribution in [0.25, 0.3) is 10.8 Å². The molecule has 20 heavy (non-hydrogen) atoms. The monoisotopic (exact) mass is 289 g/mol. The van der Waals surface area contributed by atoms with Gasteiger partial charge in [-0.25, -0.2) is 4.98 Å². The normalized spacial score (nSPS) is 22.6. The first-order valence-electron chi connectivity index (χ1n) is 6.75. The fraction of sp³-hybridized carbons (Fsp3) is 0.333. The van der Waals surface area contributed by atoms with Crippen LogP contribution in [0.3, 0.4) is 0 Å². The standard InChI is InChI=1S/C15H16ClN3O/c1-9-6-7-12(15(20)17-9)18-14-11-5-3-2-4-10(11)8-13(16)19-14/h2-5,8-9,12H,6-7H2,1H3,(H,17,20)(H,18,19). The lowest BCUT2D eigenvalue weighted by Gasteiger charge is -2.28. The summed E-state index contributed by atoms with van der Waals surface area (Å²) in [4.78, 5) is 16.3. The average molecular weight is 290 g/mol. The van der Waals surface area contributed by atoms with Gasteiger partial charge in [-0.3, -0.25) is 4.79 Å². The molecule has 2 N–H and O–H groups in total. The van der Waals surface area contributed by atoms with Gasteiger partial charge >= 0.3 is 0 Å². The van der Waals surface area contributed by atoms with Crippen molar-refractivity contribution in [3.63, 3.8) is 0 Å². The Morgan fingerprint density at radius 1 is 1.35 bits per heavy atom. The fourth-order valence-corrected chi connectivity index (χ4v) is 2.74. The van der Waals surface area contributed by atoms with Crippen LogP contribution in [-0.2, 0) is 4.79 Å². The molecule has 1 fully saturated rings. The van der Waals surface area contributed by atoms with Crippen LogP contribution in [0.4, 0.5) is 5.82 Å². The zero-order chi connectivity index (χ0) is 14.1. The molecule has 4 nitrogen and oxygen atoms in total. The molecule has 0 bridgehead atoms. The van der Waals surface area contributed by atoms with E-state index in [0.29, 0.717) is 11.0 Å². The molecule has 1 aliphatic heterocycles. The zero-order valence-corrected chi connectivity index (χ0v) is 11.9. The van der Waals surface area contributed by atoms with Gasteiger partial charge in [0.2, 0.25) is 5.91 Å². The number of amides is 1. The quantitative estimate of drug-likeness (QED) is 0.836. The van der Waals surface area contributed by atoms with Gasteiger partial charge in [0.25, 0.3) is 0 Å². The Kier molecular flexibility index (Phi) is 3.49. The second-order valence-electron chi connectivity index (χ2n) is 5.20. The minimum atomic E-state index is -0.249. The van der Waals surface area contributed by atoms with Gasteiger partial charge in [-0.05, 0) is 31.2 Å². The van der Waals surface area contributed by atoms with Crippen LogP contribution >= 0.6 is 11.6 Å². The van der Waals surface area contributed by atoms with Crippen molar-refractivity contribution in [2.45, 2.75) is 31.8 Å². The number of rotatable bonds is 2. The van der Waals surface area contributed by atoms with Crippen molar-refractivity contribution in [1.29, 1.82) is 0 Å². The summed E-state index contributed by atoms with van der Waals surface area (Å²) in [6, 6.07) is 9.68. The van der Waals surface area contributed by atoms with Crippen molar-refractivity contribution >= 4 is 34.1 Å². The molecule has 0 radical (unpaired) electrons. The Balaban J connectivity index is 1.92. The fourth-order valence-electron chi connectivity index (χ4n) is 2.54. The highest BCUT2D eigenvalue weighted by atomic mass is 35.5. The molecule has 3 rings (SSSR count). The lowest BCUT2D eigenvalue weighted by Crippen LogP contribution is -2.48. The molecule has 1 aliphatic rings. The van der Waals surface area contributed by atoms with Crippen LogP contribution in [0.1, 0.15) is 19.8 Å². The smallest absolute Gasteiger partial charge is 0.242 e. The molecule has 1 aromatic heterocycles. The van der Waals surface area contributed by atoms with Crippen molar-refractivity contribution in [3.8, 4) is 0 Å². The molecule has 2 heterocycles. The molecule has 2 aromatic rings. The van der Waals surface area contributed by atoms with Gasteiger partial charge < -0.3 is 10.6 Å². The molecule has 1 saturated heterocycles. The summed E-state index contributed by atoms with van der Waals surface area (Å²) in [5, 5.41) is 8.59. The van der Waals surface area contributed by atoms with E-state index in [-0.39, 0.29) is 18.0 Å². The number of fused-ring (bicyclic) bond motifs is 1. The molecule has 104 valence electrons. The summed E-state index contributed by atoms with van der Waals surface area (Å²) < 4.78 is 0. The summed E-state index contributed by atoms with van der Waals surface area (Å²) in [6.07, 6.45) is 1.76. The van der Waals surface area contributed by atoms with Crippen LogP contribution in [0.15, 0.2) is 30.3 Å². The van der Waals surface area contributed by atoms with Gasteiger partial charge in [0.15, 0.2) is 0 Å². The Morgan fingerprint density at radius 2 is 2.15 bits per heavy atom. The third-order valence-corrected chi connectivity index (χ3v) is 3.81. The van der Waals surface area contributed by atoms with Crippen LogP contribution in [0.2, 0.25) is 5.15 Å². The molecule has 5 heteroatoms. The molecule has 0 saturated carbocycles. The number of aromatic nitrogens is 1. The summed E-state index contributed by atoms with van der Waals surface area (Å²) in [6.45, 7) is 2.02. The van der Waals surface area contributed by atoms with E-state index in [2.05, 4.69) is 15.6 Å². The largest absolute Gasteiger partial charge is 0.358 e. The van der Waals surface area contributed by atoms with E-state index in [1.807, 2.05) is 37.3 Å². The molecule has 2 atom stereocenters. The topological polar surface area (TPSA) is 54.0 Å². The second-order valence-corrected chi connectivity index (χ2v) is 5.59. The van der Waals surface area contributed by atoms with Crippen molar-refractivity contribution in [1.82, 2.24) is 10.3 Å². The van der Waals surface area contributed by atoms with E-state index < -0.39 is 0 Å². The van der Waals surface area contributed by atoms with Crippen LogP contribution in [-0.4, -0.2) is 23.0 Å². The first-order chi connectivity index (χ1) is 9.63. The predicted molar refractivity (Wildman–Crippen MR) is 81.0 cm³/mol. The lowest BCUT2D eigenvalue weighted by atomic mass is 10.0. The molecule has 1 aromatic carbocycles. The summed E-state index contributed by atoms with van der Waals surface area (Å²) in [5.74, 6) is 0.692. The number of carbonyl (C=O) groups excluding carboxylic acids is 1. The number of pyridine rings is 1. The lowest BCUT2D eigenvalue weighted by molar-refractivity contribution is -0.123. The zero-order valence-electron chi connectivity index (χ0n) is 11.2. The van der Waals surface area contributed by atoms with Gasteiger partial charge in [0.1, 0.15) is 17.0 Å². The van der Waals surface area contributed by atoms with Gasteiger partial charge in [0.05, 0.1) is 0 Å². The molecule has 0 aliphatic carbocycles. The maximum atomic E-state index is 12.0. The number of hydrogen-bond acceptors (Lipinski definition) is 3. The Hall–Kier alpha value is -1.81. The summed E-state index contributed by atoms with van der Waals surface area (Å²) in [5.41, 5.74) is 0. The van der Waals surface area contributed by atoms with Crippen molar-refractivity contribution < 1.29 is 4.79 Å². The van der Waals surface area contributed by atoms with Crippen LogP contribution in [0.5, 0.6) is 0 Å². The van der Waals surface area contributed by atoms with E-state index in [4.69, 9.17) is 11.6 Å². The molecule has 2 unspecified atom stereocenters. The number of halogens is 1.